The number of hydrogen-bond donors (Lipinski definition) is 3. The number of carboxylic acids is 1. The van der Waals surface area contributed by atoms with Crippen LogP contribution in [0.3, 0.4) is 0 Å². The van der Waals surface area contributed by atoms with E-state index in [0.29, 0.717) is 18.9 Å². The van der Waals surface area contributed by atoms with Crippen LogP contribution in [0.25, 0.3) is 0 Å². The first kappa shape index (κ1) is 14.3. The number of piperidine rings is 2. The second kappa shape index (κ2) is 4.68. The number of nitrogens with two attached hydrogens (primary N) is 1. The van der Waals surface area contributed by atoms with E-state index in [9.17, 15) is 13.6 Å². The van der Waals surface area contributed by atoms with Gasteiger partial charge in [0.25, 0.3) is 5.92 Å². The molecule has 2 heterocycles. The van der Waals surface area contributed by atoms with E-state index in [0.717, 1.165) is 6.42 Å². The minimum Gasteiger partial charge on any atom is -0.481 e. The standard InChI is InChI=1S/C14H19F2N3O2/c15-14(16)2-1-9(12(14)17)13(18)19-5-7-3-8(6-19)10(7)4-11(20)21/h7-8,10,17H,1-6,18H2,(H,20,21)/b13-9+,17-12?/t7-,8+,10?. The molecule has 0 aromatic heterocycles. The maximum absolute atomic E-state index is 13.4. The smallest absolute Gasteiger partial charge is 0.303 e. The Hall–Kier alpha value is -1.66. The summed E-state index contributed by atoms with van der Waals surface area (Å²) in [6.45, 7) is 1.23. The van der Waals surface area contributed by atoms with Gasteiger partial charge >= 0.3 is 5.97 Å². The van der Waals surface area contributed by atoms with Crippen molar-refractivity contribution < 1.29 is 18.7 Å². The summed E-state index contributed by atoms with van der Waals surface area (Å²) in [6, 6.07) is 0. The van der Waals surface area contributed by atoms with Crippen molar-refractivity contribution in [2.45, 2.75) is 31.6 Å². The summed E-state index contributed by atoms with van der Waals surface area (Å²) in [7, 11) is 0. The van der Waals surface area contributed by atoms with Gasteiger partial charge in [-0.1, -0.05) is 0 Å². The molecular formula is C14H19F2N3O2. The molecule has 4 aliphatic rings. The number of nitrogens with zero attached hydrogens (tertiary/aromatic N) is 1. The highest BCUT2D eigenvalue weighted by Crippen LogP contribution is 2.48. The van der Waals surface area contributed by atoms with Crippen molar-refractivity contribution in [3.8, 4) is 0 Å². The van der Waals surface area contributed by atoms with Crippen LogP contribution in [0.1, 0.15) is 25.7 Å². The number of carboxylic acid groups (broad SMARTS) is 1. The van der Waals surface area contributed by atoms with Gasteiger partial charge in [-0.15, -0.1) is 0 Å². The predicted molar refractivity (Wildman–Crippen MR) is 72.0 cm³/mol. The summed E-state index contributed by atoms with van der Waals surface area (Å²) in [5, 5.41) is 16.4. The van der Waals surface area contributed by atoms with E-state index in [1.54, 1.807) is 0 Å². The number of fused-ring (bicyclic) bond motifs is 2. The minimum absolute atomic E-state index is 0.141. The Morgan fingerprint density at radius 2 is 2.05 bits per heavy atom. The van der Waals surface area contributed by atoms with Crippen LogP contribution in [0, 0.1) is 23.2 Å². The molecule has 0 radical (unpaired) electrons. The molecule has 7 heteroatoms. The number of aliphatic carboxylic acids is 1. The molecule has 116 valence electrons. The van der Waals surface area contributed by atoms with Crippen molar-refractivity contribution in [1.82, 2.24) is 4.90 Å². The zero-order valence-corrected chi connectivity index (χ0v) is 11.6. The summed E-state index contributed by atoms with van der Waals surface area (Å²) < 4.78 is 26.8. The van der Waals surface area contributed by atoms with Gasteiger partial charge in [-0.3, -0.25) is 10.2 Å². The Morgan fingerprint density at radius 1 is 1.43 bits per heavy atom. The molecule has 2 saturated heterocycles. The molecule has 0 amide bonds. The molecule has 21 heavy (non-hydrogen) atoms. The third-order valence-electron chi connectivity index (χ3n) is 5.14. The highest BCUT2D eigenvalue weighted by molar-refractivity contribution is 6.05. The molecule has 2 aliphatic carbocycles. The van der Waals surface area contributed by atoms with Crippen LogP contribution in [-0.2, 0) is 4.79 Å². The maximum atomic E-state index is 13.4. The van der Waals surface area contributed by atoms with E-state index in [-0.39, 0.29) is 42.6 Å². The number of hydrogen-bond acceptors (Lipinski definition) is 4. The number of rotatable bonds is 3. The van der Waals surface area contributed by atoms with Gasteiger partial charge < -0.3 is 15.7 Å². The van der Waals surface area contributed by atoms with E-state index >= 15 is 0 Å². The Bertz CT molecular complexity index is 520. The van der Waals surface area contributed by atoms with E-state index in [1.165, 1.54) is 0 Å². The van der Waals surface area contributed by atoms with Crippen LogP contribution in [0.4, 0.5) is 8.78 Å². The molecule has 4 rings (SSSR count). The zero-order valence-electron chi connectivity index (χ0n) is 11.6. The lowest BCUT2D eigenvalue weighted by molar-refractivity contribution is -0.143. The number of carbonyl (C=O) groups is 1. The summed E-state index contributed by atoms with van der Waals surface area (Å²) in [5.74, 6) is -2.83. The molecule has 2 saturated carbocycles. The lowest BCUT2D eigenvalue weighted by Crippen LogP contribution is -2.56. The fourth-order valence-corrected chi connectivity index (χ4v) is 3.92. The second-order valence-corrected chi connectivity index (χ2v) is 6.37. The van der Waals surface area contributed by atoms with Gasteiger partial charge in [-0.2, -0.15) is 8.78 Å². The molecule has 4 N–H and O–H groups in total. The van der Waals surface area contributed by atoms with Crippen molar-refractivity contribution in [2.75, 3.05) is 13.1 Å². The first-order valence-electron chi connectivity index (χ1n) is 7.22. The van der Waals surface area contributed by atoms with Crippen LogP contribution in [0.5, 0.6) is 0 Å². The average molecular weight is 299 g/mol. The first-order valence-corrected chi connectivity index (χ1v) is 7.22. The Balaban J connectivity index is 1.71. The summed E-state index contributed by atoms with van der Waals surface area (Å²) in [5.41, 5.74) is 5.62. The fourth-order valence-electron chi connectivity index (χ4n) is 3.92. The second-order valence-electron chi connectivity index (χ2n) is 6.37. The largest absolute Gasteiger partial charge is 0.481 e. The zero-order chi connectivity index (χ0) is 15.4. The van der Waals surface area contributed by atoms with E-state index < -0.39 is 17.6 Å². The van der Waals surface area contributed by atoms with Crippen molar-refractivity contribution >= 4 is 11.7 Å². The van der Waals surface area contributed by atoms with Crippen molar-refractivity contribution in [3.63, 3.8) is 0 Å². The van der Waals surface area contributed by atoms with Crippen LogP contribution >= 0.6 is 0 Å². The van der Waals surface area contributed by atoms with Crippen LogP contribution in [-0.4, -0.2) is 40.7 Å². The molecule has 0 aromatic rings. The van der Waals surface area contributed by atoms with E-state index in [1.807, 2.05) is 4.90 Å². The monoisotopic (exact) mass is 299 g/mol. The molecular weight excluding hydrogens is 280 g/mol. The quantitative estimate of drug-likeness (QED) is 0.739. The normalized spacial score (nSPS) is 36.4. The maximum Gasteiger partial charge on any atom is 0.303 e. The highest BCUT2D eigenvalue weighted by atomic mass is 19.3. The van der Waals surface area contributed by atoms with Crippen molar-refractivity contribution in [2.24, 2.45) is 23.5 Å². The Kier molecular flexibility index (Phi) is 3.18. The first-order chi connectivity index (χ1) is 9.79. The number of halogens is 2. The predicted octanol–water partition coefficient (Wildman–Crippen LogP) is 1.65. The highest BCUT2D eigenvalue weighted by Gasteiger charge is 2.49. The van der Waals surface area contributed by atoms with Gasteiger partial charge in [0.05, 0.1) is 0 Å². The number of nitrogens with one attached hydrogen (secondary N) is 1. The third kappa shape index (κ3) is 2.28. The minimum atomic E-state index is -3.06. The van der Waals surface area contributed by atoms with Crippen LogP contribution in [0.15, 0.2) is 11.4 Å². The fraction of sp³-hybridized carbons (Fsp3) is 0.714. The number of allylic oxidation sites excluding steroid dienone is 1. The van der Waals surface area contributed by atoms with Crippen molar-refractivity contribution in [1.29, 1.82) is 5.41 Å². The lowest BCUT2D eigenvalue weighted by Gasteiger charge is -2.54. The molecule has 0 spiro atoms. The van der Waals surface area contributed by atoms with Crippen LogP contribution in [0.2, 0.25) is 0 Å². The Morgan fingerprint density at radius 3 is 2.52 bits per heavy atom. The van der Waals surface area contributed by atoms with Gasteiger partial charge in [0.2, 0.25) is 0 Å². The molecule has 2 bridgehead atoms. The average Bonchev–Trinajstić information content (AvgIpc) is 2.70. The van der Waals surface area contributed by atoms with Gasteiger partial charge in [-0.05, 0) is 30.6 Å². The van der Waals surface area contributed by atoms with Crippen molar-refractivity contribution in [3.05, 3.63) is 11.4 Å². The Labute approximate surface area is 121 Å². The van der Waals surface area contributed by atoms with Gasteiger partial charge in [0, 0.05) is 31.5 Å². The molecule has 1 unspecified atom stereocenters. The summed E-state index contributed by atoms with van der Waals surface area (Å²) in [6.07, 6.45) is 0.963. The van der Waals surface area contributed by atoms with Gasteiger partial charge in [-0.25, -0.2) is 0 Å². The topological polar surface area (TPSA) is 90.4 Å². The molecule has 3 atom stereocenters. The van der Waals surface area contributed by atoms with E-state index in [4.69, 9.17) is 16.2 Å². The van der Waals surface area contributed by atoms with Gasteiger partial charge in [0.1, 0.15) is 11.5 Å². The SMILES string of the molecule is N=C1/C(=C(\N)N2C[C@H]3C[C@@H](C2)C3CC(=O)O)CCC1(F)F. The molecule has 4 fully saturated rings. The lowest BCUT2D eigenvalue weighted by atomic mass is 9.60. The van der Waals surface area contributed by atoms with E-state index in [2.05, 4.69) is 0 Å². The summed E-state index contributed by atoms with van der Waals surface area (Å²) in [4.78, 5) is 12.7. The summed E-state index contributed by atoms with van der Waals surface area (Å²) >= 11 is 0. The van der Waals surface area contributed by atoms with Gasteiger partial charge in [0.15, 0.2) is 0 Å². The van der Waals surface area contributed by atoms with Crippen LogP contribution < -0.4 is 5.73 Å². The molecule has 5 nitrogen and oxygen atoms in total. The molecule has 2 aliphatic heterocycles. The third-order valence-corrected chi connectivity index (χ3v) is 5.14. The molecule has 0 aromatic carbocycles. The number of alkyl halides is 2.